The van der Waals surface area contributed by atoms with Gasteiger partial charge in [0.05, 0.1) is 0 Å². The highest BCUT2D eigenvalue weighted by Gasteiger charge is 2.61. The predicted molar refractivity (Wildman–Crippen MR) is 69.8 cm³/mol. The van der Waals surface area contributed by atoms with E-state index < -0.39 is 0 Å². The van der Waals surface area contributed by atoms with Crippen LogP contribution in [-0.2, 0) is 12.5 Å². The molecule has 3 nitrogen and oxygen atoms in total. The van der Waals surface area contributed by atoms with Crippen molar-refractivity contribution in [3.63, 3.8) is 0 Å². The average molecular weight is 229 g/mol. The minimum atomic E-state index is 0.148. The van der Waals surface area contributed by atoms with Gasteiger partial charge in [-0.2, -0.15) is 0 Å². The lowest BCUT2D eigenvalue weighted by Crippen LogP contribution is -2.25. The summed E-state index contributed by atoms with van der Waals surface area (Å²) in [5.41, 5.74) is 8.93. The van der Waals surface area contributed by atoms with Crippen molar-refractivity contribution in [2.24, 2.45) is 18.2 Å². The van der Waals surface area contributed by atoms with Crippen molar-refractivity contribution in [1.82, 2.24) is 9.55 Å². The van der Waals surface area contributed by atoms with E-state index in [9.17, 15) is 0 Å². The van der Waals surface area contributed by atoms with Gasteiger partial charge in [-0.3, -0.25) is 0 Å². The number of hydrogen-bond acceptors (Lipinski definition) is 2. The Labute approximate surface area is 102 Å². The summed E-state index contributed by atoms with van der Waals surface area (Å²) in [6.07, 6.45) is 5.23. The van der Waals surface area contributed by atoms with Crippen LogP contribution < -0.4 is 5.73 Å². The molecule has 17 heavy (non-hydrogen) atoms. The van der Waals surface area contributed by atoms with Gasteiger partial charge in [0.15, 0.2) is 0 Å². The monoisotopic (exact) mass is 229 g/mol. The predicted octanol–water partition coefficient (Wildman–Crippen LogP) is 2.20. The number of hydrogen-bond donors (Lipinski definition) is 1. The first-order valence-corrected chi connectivity index (χ1v) is 6.12. The smallest absolute Gasteiger partial charge is 0.139 e. The van der Waals surface area contributed by atoms with E-state index in [-0.39, 0.29) is 5.41 Å². The van der Waals surface area contributed by atoms with Crippen LogP contribution >= 0.6 is 0 Å². The van der Waals surface area contributed by atoms with Crippen LogP contribution in [0.25, 0.3) is 11.0 Å². The molecule has 90 valence electrons. The Morgan fingerprint density at radius 1 is 1.47 bits per heavy atom. The van der Waals surface area contributed by atoms with Crippen molar-refractivity contribution in [3.8, 4) is 0 Å². The Morgan fingerprint density at radius 3 is 2.76 bits per heavy atom. The highest BCUT2D eigenvalue weighted by molar-refractivity contribution is 5.82. The molecule has 2 aromatic rings. The SMILES string of the molecule is Cn1cc(C2(CN)CC2(C)C)c2cccnc21. The molecule has 1 aliphatic rings. The molecule has 0 bridgehead atoms. The van der Waals surface area contributed by atoms with Crippen LogP contribution in [0.2, 0.25) is 0 Å². The lowest BCUT2D eigenvalue weighted by Gasteiger charge is -2.17. The molecule has 1 fully saturated rings. The zero-order chi connectivity index (χ0) is 12.3. The second-order valence-electron chi connectivity index (χ2n) is 5.88. The second-order valence-corrected chi connectivity index (χ2v) is 5.88. The fourth-order valence-corrected chi connectivity index (χ4v) is 3.22. The number of nitrogens with two attached hydrogens (primary N) is 1. The molecule has 0 radical (unpaired) electrons. The third kappa shape index (κ3) is 1.23. The van der Waals surface area contributed by atoms with Crippen LogP contribution in [0.1, 0.15) is 25.8 Å². The van der Waals surface area contributed by atoms with Gasteiger partial charge in [-0.25, -0.2) is 4.98 Å². The highest BCUT2D eigenvalue weighted by Crippen LogP contribution is 2.64. The lowest BCUT2D eigenvalue weighted by molar-refractivity contribution is 0.505. The molecule has 0 amide bonds. The Hall–Kier alpha value is -1.35. The molecular formula is C14H19N3. The molecule has 1 atom stereocenters. The van der Waals surface area contributed by atoms with Gasteiger partial charge in [-0.15, -0.1) is 0 Å². The molecule has 0 saturated heterocycles. The quantitative estimate of drug-likeness (QED) is 0.858. The van der Waals surface area contributed by atoms with Gasteiger partial charge < -0.3 is 10.3 Å². The summed E-state index contributed by atoms with van der Waals surface area (Å²) in [6, 6.07) is 4.16. The van der Waals surface area contributed by atoms with E-state index >= 15 is 0 Å². The zero-order valence-corrected chi connectivity index (χ0v) is 10.7. The van der Waals surface area contributed by atoms with Gasteiger partial charge in [0.2, 0.25) is 0 Å². The van der Waals surface area contributed by atoms with Gasteiger partial charge in [0.1, 0.15) is 5.65 Å². The fourth-order valence-electron chi connectivity index (χ4n) is 3.22. The van der Waals surface area contributed by atoms with Crippen molar-refractivity contribution in [2.75, 3.05) is 6.54 Å². The van der Waals surface area contributed by atoms with Crippen LogP contribution in [0.5, 0.6) is 0 Å². The standard InChI is InChI=1S/C14H19N3/c1-13(2)8-14(13,9-15)11-7-17(3)12-10(11)5-4-6-16-12/h4-7H,8-9,15H2,1-3H3. The number of aromatic nitrogens is 2. The van der Waals surface area contributed by atoms with Crippen molar-refractivity contribution < 1.29 is 0 Å². The molecule has 1 aliphatic carbocycles. The Morgan fingerprint density at radius 2 is 2.18 bits per heavy atom. The maximum Gasteiger partial charge on any atom is 0.139 e. The number of pyridine rings is 1. The molecule has 2 aromatic heterocycles. The third-order valence-corrected chi connectivity index (χ3v) is 4.51. The van der Waals surface area contributed by atoms with Crippen molar-refractivity contribution in [2.45, 2.75) is 25.7 Å². The summed E-state index contributed by atoms with van der Waals surface area (Å²) in [5.74, 6) is 0. The van der Waals surface area contributed by atoms with Gasteiger partial charge >= 0.3 is 0 Å². The molecular weight excluding hydrogens is 210 g/mol. The lowest BCUT2D eigenvalue weighted by atomic mass is 9.88. The molecule has 0 aliphatic heterocycles. The fraction of sp³-hybridized carbons (Fsp3) is 0.500. The van der Waals surface area contributed by atoms with Crippen LogP contribution in [0.4, 0.5) is 0 Å². The molecule has 2 N–H and O–H groups in total. The minimum Gasteiger partial charge on any atom is -0.335 e. The molecule has 2 heterocycles. The van der Waals surface area contributed by atoms with Crippen LogP contribution in [0, 0.1) is 5.41 Å². The van der Waals surface area contributed by atoms with E-state index in [2.05, 4.69) is 42.7 Å². The summed E-state index contributed by atoms with van der Waals surface area (Å²) in [6.45, 7) is 5.32. The van der Waals surface area contributed by atoms with Gasteiger partial charge in [0, 0.05) is 36.8 Å². The van der Waals surface area contributed by atoms with E-state index in [0.29, 0.717) is 12.0 Å². The van der Waals surface area contributed by atoms with Gasteiger partial charge in [0.25, 0.3) is 0 Å². The molecule has 3 rings (SSSR count). The van der Waals surface area contributed by atoms with E-state index in [4.69, 9.17) is 5.73 Å². The van der Waals surface area contributed by atoms with Crippen molar-refractivity contribution >= 4 is 11.0 Å². The first-order chi connectivity index (χ1) is 8.02. The Kier molecular flexibility index (Phi) is 1.97. The average Bonchev–Trinajstić information content (AvgIpc) is 2.72. The normalized spacial score (nSPS) is 26.4. The summed E-state index contributed by atoms with van der Waals surface area (Å²) in [5, 5.41) is 1.26. The van der Waals surface area contributed by atoms with Gasteiger partial charge in [-0.05, 0) is 29.5 Å². The first kappa shape index (κ1) is 10.8. The number of rotatable bonds is 2. The molecule has 1 saturated carbocycles. The maximum atomic E-state index is 6.05. The summed E-state index contributed by atoms with van der Waals surface area (Å²) in [4.78, 5) is 4.45. The summed E-state index contributed by atoms with van der Waals surface area (Å²) < 4.78 is 2.11. The largest absolute Gasteiger partial charge is 0.335 e. The Balaban J connectivity index is 2.26. The molecule has 1 unspecified atom stereocenters. The van der Waals surface area contributed by atoms with Crippen LogP contribution in [0.3, 0.4) is 0 Å². The molecule has 3 heteroatoms. The van der Waals surface area contributed by atoms with Crippen molar-refractivity contribution in [3.05, 3.63) is 30.1 Å². The van der Waals surface area contributed by atoms with E-state index in [0.717, 1.165) is 5.65 Å². The van der Waals surface area contributed by atoms with Crippen LogP contribution in [0.15, 0.2) is 24.5 Å². The van der Waals surface area contributed by atoms with Crippen molar-refractivity contribution in [1.29, 1.82) is 0 Å². The number of aryl methyl sites for hydroxylation is 1. The number of fused-ring (bicyclic) bond motifs is 1. The summed E-state index contributed by atoms with van der Waals surface area (Å²) >= 11 is 0. The third-order valence-electron chi connectivity index (χ3n) is 4.51. The van der Waals surface area contributed by atoms with Crippen LogP contribution in [-0.4, -0.2) is 16.1 Å². The topological polar surface area (TPSA) is 43.8 Å². The maximum absolute atomic E-state index is 6.05. The molecule has 0 aromatic carbocycles. The van der Waals surface area contributed by atoms with E-state index in [1.807, 2.05) is 12.3 Å². The van der Waals surface area contributed by atoms with E-state index in [1.54, 1.807) is 0 Å². The highest BCUT2D eigenvalue weighted by atomic mass is 15.0. The van der Waals surface area contributed by atoms with E-state index in [1.165, 1.54) is 17.4 Å². The minimum absolute atomic E-state index is 0.148. The van der Waals surface area contributed by atoms with Gasteiger partial charge in [-0.1, -0.05) is 13.8 Å². The first-order valence-electron chi connectivity index (χ1n) is 6.12. The number of nitrogens with zero attached hydrogens (tertiary/aromatic N) is 2. The Bertz CT molecular complexity index is 582. The molecule has 0 spiro atoms. The zero-order valence-electron chi connectivity index (χ0n) is 10.7. The summed E-state index contributed by atoms with van der Waals surface area (Å²) in [7, 11) is 2.05. The second kappa shape index (κ2) is 3.10.